The first-order valence-electron chi connectivity index (χ1n) is 10.4. The van der Waals surface area contributed by atoms with Crippen molar-refractivity contribution in [2.45, 2.75) is 13.2 Å². The van der Waals surface area contributed by atoms with Gasteiger partial charge in [0.1, 0.15) is 18.2 Å². The molecule has 2 N–H and O–H groups in total. The molecule has 4 aromatic rings. The lowest BCUT2D eigenvalue weighted by Crippen LogP contribution is -2.16. The molecule has 182 valence electrons. The summed E-state index contributed by atoms with van der Waals surface area (Å²) in [7, 11) is 3.09. The number of benzene rings is 3. The SMILES string of the molecule is COc1ccccc1-c1n[nH]c(=S)n1NCc1cc(Cl)c(OCc2c(F)cccc2Cl)c(OC)c1. The summed E-state index contributed by atoms with van der Waals surface area (Å²) in [6, 6.07) is 15.4. The lowest BCUT2D eigenvalue weighted by atomic mass is 10.2. The van der Waals surface area contributed by atoms with Gasteiger partial charge in [-0.25, -0.2) is 14.2 Å². The molecule has 0 unspecified atom stereocenters. The fourth-order valence-electron chi connectivity index (χ4n) is 3.45. The third-order valence-electron chi connectivity index (χ3n) is 5.17. The van der Waals surface area contributed by atoms with E-state index in [-0.39, 0.29) is 22.9 Å². The summed E-state index contributed by atoms with van der Waals surface area (Å²) in [5, 5.41) is 7.69. The smallest absolute Gasteiger partial charge is 0.214 e. The summed E-state index contributed by atoms with van der Waals surface area (Å²) in [4.78, 5) is 0. The first-order chi connectivity index (χ1) is 16.9. The summed E-state index contributed by atoms with van der Waals surface area (Å²) >= 11 is 18.0. The minimum absolute atomic E-state index is 0.106. The van der Waals surface area contributed by atoms with Gasteiger partial charge in [-0.1, -0.05) is 41.4 Å². The summed E-state index contributed by atoms with van der Waals surface area (Å²) in [6.07, 6.45) is 0. The molecule has 4 rings (SSSR count). The number of hydrogen-bond acceptors (Lipinski definition) is 6. The van der Waals surface area contributed by atoms with E-state index in [4.69, 9.17) is 49.6 Å². The molecule has 0 atom stereocenters. The van der Waals surface area contributed by atoms with Crippen molar-refractivity contribution in [3.63, 3.8) is 0 Å². The fourth-order valence-corrected chi connectivity index (χ4v) is 4.16. The van der Waals surface area contributed by atoms with E-state index in [9.17, 15) is 4.39 Å². The zero-order chi connectivity index (χ0) is 24.9. The molecule has 11 heteroatoms. The Morgan fingerprint density at radius 1 is 1.03 bits per heavy atom. The predicted octanol–water partition coefficient (Wildman–Crippen LogP) is 6.39. The van der Waals surface area contributed by atoms with Crippen LogP contribution in [0.3, 0.4) is 0 Å². The largest absolute Gasteiger partial charge is 0.496 e. The number of nitrogens with one attached hydrogen (secondary N) is 2. The van der Waals surface area contributed by atoms with E-state index < -0.39 is 5.82 Å². The van der Waals surface area contributed by atoms with Crippen LogP contribution >= 0.6 is 35.4 Å². The minimum atomic E-state index is -0.462. The monoisotopic (exact) mass is 534 g/mol. The standard InChI is InChI=1S/C24H21Cl2FN4O3S/c1-32-20-9-4-3-6-15(20)23-29-30-24(35)31(23)28-12-14-10-18(26)22(21(11-14)33-2)34-13-16-17(25)7-5-8-19(16)27/h3-11,28H,12-13H2,1-2H3,(H,30,35). The number of nitrogens with zero attached hydrogens (tertiary/aromatic N) is 2. The number of ether oxygens (including phenoxy) is 3. The van der Waals surface area contributed by atoms with Gasteiger partial charge in [0.25, 0.3) is 0 Å². The average molecular weight is 535 g/mol. The second-order valence-corrected chi connectivity index (χ2v) is 8.52. The van der Waals surface area contributed by atoms with Gasteiger partial charge in [-0.05, 0) is 54.2 Å². The molecule has 0 radical (unpaired) electrons. The van der Waals surface area contributed by atoms with Gasteiger partial charge in [-0.2, -0.15) is 5.10 Å². The molecule has 0 aliphatic rings. The van der Waals surface area contributed by atoms with E-state index in [1.807, 2.05) is 24.3 Å². The van der Waals surface area contributed by atoms with Crippen molar-refractivity contribution >= 4 is 35.4 Å². The van der Waals surface area contributed by atoms with Crippen molar-refractivity contribution in [3.05, 3.63) is 86.4 Å². The first kappa shape index (κ1) is 24.8. The van der Waals surface area contributed by atoms with Gasteiger partial charge in [-0.15, -0.1) is 0 Å². The van der Waals surface area contributed by atoms with Crippen LogP contribution in [0, 0.1) is 10.6 Å². The highest BCUT2D eigenvalue weighted by atomic mass is 35.5. The Kier molecular flexibility index (Phi) is 7.80. The first-order valence-corrected chi connectivity index (χ1v) is 11.6. The summed E-state index contributed by atoms with van der Waals surface area (Å²) in [6.45, 7) is 0.233. The number of aromatic amines is 1. The number of methoxy groups -OCH3 is 2. The van der Waals surface area contributed by atoms with Crippen LogP contribution < -0.4 is 19.6 Å². The van der Waals surface area contributed by atoms with E-state index in [1.165, 1.54) is 19.2 Å². The lowest BCUT2D eigenvalue weighted by molar-refractivity contribution is 0.280. The maximum atomic E-state index is 14.1. The Balaban J connectivity index is 1.55. The maximum absolute atomic E-state index is 14.1. The van der Waals surface area contributed by atoms with Crippen molar-refractivity contribution in [2.24, 2.45) is 0 Å². The van der Waals surface area contributed by atoms with Gasteiger partial charge >= 0.3 is 0 Å². The number of aromatic nitrogens is 3. The molecular formula is C24H21Cl2FN4O3S. The number of hydrogen-bond donors (Lipinski definition) is 2. The molecular weight excluding hydrogens is 514 g/mol. The molecule has 3 aromatic carbocycles. The predicted molar refractivity (Wildman–Crippen MR) is 136 cm³/mol. The Morgan fingerprint density at radius 2 is 1.80 bits per heavy atom. The maximum Gasteiger partial charge on any atom is 0.214 e. The number of para-hydroxylation sites is 1. The van der Waals surface area contributed by atoms with Crippen molar-refractivity contribution in [1.29, 1.82) is 0 Å². The van der Waals surface area contributed by atoms with E-state index in [1.54, 1.807) is 30.0 Å². The molecule has 1 heterocycles. The lowest BCUT2D eigenvalue weighted by Gasteiger charge is -2.16. The van der Waals surface area contributed by atoms with Gasteiger partial charge in [0.15, 0.2) is 17.3 Å². The van der Waals surface area contributed by atoms with Crippen molar-refractivity contribution in [2.75, 3.05) is 19.6 Å². The average Bonchev–Trinajstić information content (AvgIpc) is 3.22. The third kappa shape index (κ3) is 5.37. The van der Waals surface area contributed by atoms with Crippen LogP contribution in [0.1, 0.15) is 11.1 Å². The van der Waals surface area contributed by atoms with Gasteiger partial charge in [0.05, 0.1) is 36.4 Å². The van der Waals surface area contributed by atoms with Gasteiger partial charge in [0, 0.05) is 5.56 Å². The van der Waals surface area contributed by atoms with Crippen LogP contribution in [0.25, 0.3) is 11.4 Å². The fraction of sp³-hybridized carbons (Fsp3) is 0.167. The number of halogens is 3. The van der Waals surface area contributed by atoms with E-state index in [2.05, 4.69) is 15.6 Å². The van der Waals surface area contributed by atoms with Crippen molar-refractivity contribution < 1.29 is 18.6 Å². The zero-order valence-electron chi connectivity index (χ0n) is 18.8. The van der Waals surface area contributed by atoms with Crippen LogP contribution in [0.15, 0.2) is 54.6 Å². The topological polar surface area (TPSA) is 73.3 Å². The van der Waals surface area contributed by atoms with Crippen molar-refractivity contribution in [1.82, 2.24) is 14.9 Å². The van der Waals surface area contributed by atoms with E-state index >= 15 is 0 Å². The molecule has 0 aliphatic heterocycles. The van der Waals surface area contributed by atoms with Gasteiger partial charge in [-0.3, -0.25) is 0 Å². The van der Waals surface area contributed by atoms with E-state index in [0.717, 1.165) is 11.1 Å². The number of H-pyrrole nitrogens is 1. The Morgan fingerprint density at radius 3 is 2.54 bits per heavy atom. The molecule has 0 aliphatic carbocycles. The van der Waals surface area contributed by atoms with Crippen LogP contribution in [0.5, 0.6) is 17.2 Å². The van der Waals surface area contributed by atoms with Gasteiger partial charge < -0.3 is 19.6 Å². The Labute approximate surface area is 216 Å². The zero-order valence-corrected chi connectivity index (χ0v) is 21.1. The molecule has 0 amide bonds. The summed E-state index contributed by atoms with van der Waals surface area (Å²) in [5.41, 5.74) is 5.03. The quantitative estimate of drug-likeness (QED) is 0.242. The molecule has 0 saturated heterocycles. The minimum Gasteiger partial charge on any atom is -0.496 e. The van der Waals surface area contributed by atoms with Crippen LogP contribution in [0.2, 0.25) is 10.0 Å². The number of rotatable bonds is 9. The van der Waals surface area contributed by atoms with E-state index in [0.29, 0.717) is 33.7 Å². The Bertz CT molecular complexity index is 1390. The van der Waals surface area contributed by atoms with Crippen LogP contribution in [-0.2, 0) is 13.2 Å². The molecule has 35 heavy (non-hydrogen) atoms. The molecule has 1 aromatic heterocycles. The second-order valence-electron chi connectivity index (χ2n) is 7.32. The highest BCUT2D eigenvalue weighted by Gasteiger charge is 2.17. The van der Waals surface area contributed by atoms with Crippen LogP contribution in [0.4, 0.5) is 4.39 Å². The molecule has 0 spiro atoms. The highest BCUT2D eigenvalue weighted by molar-refractivity contribution is 7.71. The Hall–Kier alpha value is -3.27. The molecule has 0 fully saturated rings. The molecule has 7 nitrogen and oxygen atoms in total. The van der Waals surface area contributed by atoms with Crippen molar-refractivity contribution in [3.8, 4) is 28.6 Å². The summed E-state index contributed by atoms with van der Waals surface area (Å²) in [5.74, 6) is 1.43. The second kappa shape index (κ2) is 11.0. The van der Waals surface area contributed by atoms with Crippen LogP contribution in [-0.4, -0.2) is 29.1 Å². The molecule has 0 saturated carbocycles. The summed E-state index contributed by atoms with van der Waals surface area (Å²) < 4.78 is 32.8. The third-order valence-corrected chi connectivity index (χ3v) is 6.08. The highest BCUT2D eigenvalue weighted by Crippen LogP contribution is 2.37. The molecule has 0 bridgehead atoms. The van der Waals surface area contributed by atoms with Gasteiger partial charge in [0.2, 0.25) is 4.77 Å². The normalized spacial score (nSPS) is 10.8.